The van der Waals surface area contributed by atoms with Gasteiger partial charge in [-0.1, -0.05) is 109 Å². The molecule has 0 aliphatic heterocycles. The Kier molecular flexibility index (Phi) is 4.52. The quantitative estimate of drug-likeness (QED) is 0.442. The molecule has 0 radical (unpaired) electrons. The topological polar surface area (TPSA) is 20.2 Å². The standard InChI is InChI=1S/C26H22O/c1-20-12-11-19-24(25(20)27)26(21-13-5-2-6-14-21,22-15-7-3-8-16-22)23-17-9-4-10-18-23/h2-19,27H,1H3. The summed E-state index contributed by atoms with van der Waals surface area (Å²) in [5.74, 6) is 0.342. The summed E-state index contributed by atoms with van der Waals surface area (Å²) in [7, 11) is 0. The first-order valence-corrected chi connectivity index (χ1v) is 9.20. The number of hydrogen-bond donors (Lipinski definition) is 1. The lowest BCUT2D eigenvalue weighted by Gasteiger charge is -2.37. The molecular weight excluding hydrogens is 328 g/mol. The SMILES string of the molecule is Cc1cccc(C(c2ccccc2)(c2ccccc2)c2ccccc2)c1O. The minimum Gasteiger partial charge on any atom is -0.507 e. The van der Waals surface area contributed by atoms with Gasteiger partial charge < -0.3 is 5.11 Å². The molecule has 0 fully saturated rings. The molecule has 0 aliphatic carbocycles. The van der Waals surface area contributed by atoms with Gasteiger partial charge in [-0.05, 0) is 29.2 Å². The third kappa shape index (κ3) is 2.82. The number of phenols is 1. The monoisotopic (exact) mass is 350 g/mol. The van der Waals surface area contributed by atoms with Gasteiger partial charge in [0, 0.05) is 5.56 Å². The minimum atomic E-state index is -0.597. The summed E-state index contributed by atoms with van der Waals surface area (Å²) in [6.45, 7) is 1.95. The van der Waals surface area contributed by atoms with Crippen molar-refractivity contribution < 1.29 is 5.11 Å². The fraction of sp³-hybridized carbons (Fsp3) is 0.0769. The van der Waals surface area contributed by atoms with E-state index < -0.39 is 5.41 Å². The fourth-order valence-electron chi connectivity index (χ4n) is 3.99. The van der Waals surface area contributed by atoms with E-state index in [1.807, 2.05) is 43.3 Å². The number of aromatic hydroxyl groups is 1. The number of para-hydroxylation sites is 1. The number of benzene rings is 4. The lowest BCUT2D eigenvalue weighted by atomic mass is 9.64. The van der Waals surface area contributed by atoms with E-state index in [0.29, 0.717) is 5.75 Å². The zero-order chi connectivity index (χ0) is 18.7. The van der Waals surface area contributed by atoms with E-state index in [2.05, 4.69) is 72.8 Å². The molecular formula is C26H22O. The summed E-state index contributed by atoms with van der Waals surface area (Å²) in [5, 5.41) is 11.1. The van der Waals surface area contributed by atoms with Crippen LogP contribution in [0.2, 0.25) is 0 Å². The average Bonchev–Trinajstić information content (AvgIpc) is 2.74. The molecule has 1 heteroatoms. The normalized spacial score (nSPS) is 11.3. The molecule has 4 aromatic rings. The molecule has 27 heavy (non-hydrogen) atoms. The molecule has 1 nitrogen and oxygen atoms in total. The Hall–Kier alpha value is -3.32. The van der Waals surface area contributed by atoms with Crippen molar-refractivity contribution in [2.45, 2.75) is 12.3 Å². The third-order valence-electron chi connectivity index (χ3n) is 5.26. The zero-order valence-corrected chi connectivity index (χ0v) is 15.3. The van der Waals surface area contributed by atoms with Crippen molar-refractivity contribution in [1.82, 2.24) is 0 Å². The first-order valence-electron chi connectivity index (χ1n) is 9.20. The van der Waals surface area contributed by atoms with Gasteiger partial charge in [-0.3, -0.25) is 0 Å². The second-order valence-electron chi connectivity index (χ2n) is 6.82. The van der Waals surface area contributed by atoms with E-state index in [1.165, 1.54) is 0 Å². The van der Waals surface area contributed by atoms with Crippen molar-refractivity contribution in [2.75, 3.05) is 0 Å². The first kappa shape index (κ1) is 17.1. The molecule has 0 aliphatic rings. The van der Waals surface area contributed by atoms with Crippen LogP contribution < -0.4 is 0 Å². The van der Waals surface area contributed by atoms with Crippen LogP contribution >= 0.6 is 0 Å². The summed E-state index contributed by atoms with van der Waals surface area (Å²) in [6, 6.07) is 37.3. The van der Waals surface area contributed by atoms with Crippen molar-refractivity contribution in [3.63, 3.8) is 0 Å². The van der Waals surface area contributed by atoms with Gasteiger partial charge in [0.25, 0.3) is 0 Å². The molecule has 0 amide bonds. The molecule has 0 bridgehead atoms. The van der Waals surface area contributed by atoms with Crippen LogP contribution in [-0.4, -0.2) is 5.11 Å². The van der Waals surface area contributed by atoms with Crippen LogP contribution in [0.3, 0.4) is 0 Å². The van der Waals surface area contributed by atoms with Crippen molar-refractivity contribution in [2.24, 2.45) is 0 Å². The third-order valence-corrected chi connectivity index (χ3v) is 5.26. The zero-order valence-electron chi connectivity index (χ0n) is 15.3. The molecule has 0 heterocycles. The van der Waals surface area contributed by atoms with Crippen molar-refractivity contribution in [1.29, 1.82) is 0 Å². The van der Waals surface area contributed by atoms with E-state index in [1.54, 1.807) is 0 Å². The number of phenolic OH excluding ortho intramolecular Hbond substituents is 1. The molecule has 132 valence electrons. The molecule has 0 saturated heterocycles. The van der Waals surface area contributed by atoms with Crippen molar-refractivity contribution in [3.05, 3.63) is 137 Å². The number of hydrogen-bond acceptors (Lipinski definition) is 1. The molecule has 1 N–H and O–H groups in total. The lowest BCUT2D eigenvalue weighted by Crippen LogP contribution is -2.31. The summed E-state index contributed by atoms with van der Waals surface area (Å²) >= 11 is 0. The highest BCUT2D eigenvalue weighted by molar-refractivity contribution is 5.63. The van der Waals surface area contributed by atoms with Gasteiger partial charge in [-0.15, -0.1) is 0 Å². The predicted octanol–water partition coefficient (Wildman–Crippen LogP) is 6.08. The van der Waals surface area contributed by atoms with E-state index >= 15 is 0 Å². The Morgan fingerprint density at radius 1 is 0.519 bits per heavy atom. The highest BCUT2D eigenvalue weighted by Gasteiger charge is 2.40. The molecule has 4 aromatic carbocycles. The van der Waals surface area contributed by atoms with Crippen molar-refractivity contribution in [3.8, 4) is 5.75 Å². The Labute approximate surface area is 160 Å². The molecule has 0 unspecified atom stereocenters. The average molecular weight is 350 g/mol. The van der Waals surface area contributed by atoms with Crippen molar-refractivity contribution >= 4 is 0 Å². The Balaban J connectivity index is 2.18. The van der Waals surface area contributed by atoms with Crippen LogP contribution in [0.25, 0.3) is 0 Å². The van der Waals surface area contributed by atoms with Crippen LogP contribution in [0.1, 0.15) is 27.8 Å². The van der Waals surface area contributed by atoms with Gasteiger partial charge >= 0.3 is 0 Å². The smallest absolute Gasteiger partial charge is 0.123 e. The van der Waals surface area contributed by atoms with Crippen LogP contribution in [0.15, 0.2) is 109 Å². The van der Waals surface area contributed by atoms with Gasteiger partial charge in [0.15, 0.2) is 0 Å². The maximum atomic E-state index is 11.1. The van der Waals surface area contributed by atoms with Gasteiger partial charge in [-0.25, -0.2) is 0 Å². The van der Waals surface area contributed by atoms with Gasteiger partial charge in [0.05, 0.1) is 5.41 Å². The van der Waals surface area contributed by atoms with Gasteiger partial charge in [0.2, 0.25) is 0 Å². The van der Waals surface area contributed by atoms with E-state index in [4.69, 9.17) is 0 Å². The first-order chi connectivity index (χ1) is 13.2. The summed E-state index contributed by atoms with van der Waals surface area (Å²) in [5.41, 5.74) is 4.56. The maximum absolute atomic E-state index is 11.1. The maximum Gasteiger partial charge on any atom is 0.123 e. The molecule has 0 aromatic heterocycles. The molecule has 4 rings (SSSR count). The number of aryl methyl sites for hydroxylation is 1. The van der Waals surface area contributed by atoms with Crippen LogP contribution in [0, 0.1) is 6.92 Å². The van der Waals surface area contributed by atoms with E-state index in [-0.39, 0.29) is 0 Å². The minimum absolute atomic E-state index is 0.342. The largest absolute Gasteiger partial charge is 0.507 e. The highest BCUT2D eigenvalue weighted by Crippen LogP contribution is 2.48. The molecule has 0 atom stereocenters. The van der Waals surface area contributed by atoms with Crippen LogP contribution in [0.5, 0.6) is 5.75 Å². The van der Waals surface area contributed by atoms with Gasteiger partial charge in [-0.2, -0.15) is 0 Å². The second kappa shape index (κ2) is 7.13. The Morgan fingerprint density at radius 3 is 1.33 bits per heavy atom. The van der Waals surface area contributed by atoms with Crippen LogP contribution in [-0.2, 0) is 5.41 Å². The lowest BCUT2D eigenvalue weighted by molar-refractivity contribution is 0.456. The predicted molar refractivity (Wildman–Crippen MR) is 111 cm³/mol. The number of rotatable bonds is 4. The van der Waals surface area contributed by atoms with Crippen LogP contribution in [0.4, 0.5) is 0 Å². The summed E-state index contributed by atoms with van der Waals surface area (Å²) < 4.78 is 0. The van der Waals surface area contributed by atoms with E-state index in [9.17, 15) is 5.11 Å². The summed E-state index contributed by atoms with van der Waals surface area (Å²) in [6.07, 6.45) is 0. The molecule has 0 saturated carbocycles. The second-order valence-corrected chi connectivity index (χ2v) is 6.82. The fourth-order valence-corrected chi connectivity index (χ4v) is 3.99. The Morgan fingerprint density at radius 2 is 0.926 bits per heavy atom. The summed E-state index contributed by atoms with van der Waals surface area (Å²) in [4.78, 5) is 0. The highest BCUT2D eigenvalue weighted by atomic mass is 16.3. The van der Waals surface area contributed by atoms with Gasteiger partial charge in [0.1, 0.15) is 5.75 Å². The Bertz CT molecular complexity index is 925. The molecule has 0 spiro atoms. The van der Waals surface area contributed by atoms with E-state index in [0.717, 1.165) is 27.8 Å².